The number of aromatic nitrogens is 2. The van der Waals surface area contributed by atoms with E-state index < -0.39 is 37.8 Å². The smallest absolute Gasteiger partial charge is 0.267 e. The van der Waals surface area contributed by atoms with Gasteiger partial charge in [0, 0.05) is 12.8 Å². The summed E-state index contributed by atoms with van der Waals surface area (Å²) in [7, 11) is -2.75. The van der Waals surface area contributed by atoms with Crippen LogP contribution in [0.4, 0.5) is 10.8 Å². The van der Waals surface area contributed by atoms with Crippen LogP contribution in [0.5, 0.6) is 11.5 Å². The number of hydrogen-bond donors (Lipinski definition) is 5. The van der Waals surface area contributed by atoms with E-state index in [1.165, 1.54) is 19.2 Å². The number of nitrogens with two attached hydrogens (primary N) is 2. The summed E-state index contributed by atoms with van der Waals surface area (Å²) < 4.78 is 26.7. The first kappa shape index (κ1) is 22.0. The summed E-state index contributed by atoms with van der Waals surface area (Å²) in [6.07, 6.45) is -0.570. The monoisotopic (exact) mass is 444 g/mol. The number of primary amides is 1. The zero-order valence-electron chi connectivity index (χ0n) is 14.8. The summed E-state index contributed by atoms with van der Waals surface area (Å²) in [5.74, 6) is -2.76. The van der Waals surface area contributed by atoms with Gasteiger partial charge in [-0.1, -0.05) is 11.3 Å². The topological polar surface area (TPSA) is 217 Å². The molecule has 0 saturated heterocycles. The van der Waals surface area contributed by atoms with Crippen molar-refractivity contribution >= 4 is 49.9 Å². The maximum atomic E-state index is 12.0. The number of ether oxygens (including phenoxy) is 1. The number of primary sulfonamides is 1. The molecule has 0 spiro atoms. The van der Waals surface area contributed by atoms with Crippen molar-refractivity contribution in [1.82, 2.24) is 10.2 Å². The number of anilines is 2. The maximum absolute atomic E-state index is 12.0. The van der Waals surface area contributed by atoms with Gasteiger partial charge >= 0.3 is 0 Å². The molecular formula is C14H16N6O7S2. The molecule has 7 N–H and O–H groups in total. The number of hydrogen-bond acceptors (Lipinski definition) is 10. The number of carbonyl (C=O) groups excluding carboxylic acids is 3. The van der Waals surface area contributed by atoms with Gasteiger partial charge < -0.3 is 26.2 Å². The molecule has 2 aromatic rings. The minimum absolute atomic E-state index is 0.0308. The molecule has 29 heavy (non-hydrogen) atoms. The standard InChI is InChI=1S/C14H16N6O7S2/c1-27-7-3-2-6(11(23)10(7)12(15)24)17-8(21)4-5-9(22)18-13-19-20-14(28-13)29(16,25)26/h2-3,23H,4-5H2,1H3,(H2,15,24)(H,17,21)(H2,16,25,26)(H,18,19,22). The van der Waals surface area contributed by atoms with Crippen molar-refractivity contribution < 1.29 is 32.6 Å². The molecule has 13 nitrogen and oxygen atoms in total. The highest BCUT2D eigenvalue weighted by molar-refractivity contribution is 7.91. The third kappa shape index (κ3) is 5.59. The number of sulfonamides is 1. The predicted molar refractivity (Wildman–Crippen MR) is 101 cm³/mol. The molecule has 0 aliphatic heterocycles. The lowest BCUT2D eigenvalue weighted by atomic mass is 10.1. The van der Waals surface area contributed by atoms with Crippen molar-refractivity contribution in [2.45, 2.75) is 17.2 Å². The van der Waals surface area contributed by atoms with Crippen LogP contribution < -0.4 is 26.2 Å². The van der Waals surface area contributed by atoms with Crippen LogP contribution in [0.1, 0.15) is 23.2 Å². The van der Waals surface area contributed by atoms with Crippen LogP contribution in [-0.2, 0) is 19.6 Å². The molecule has 0 unspecified atom stereocenters. The van der Waals surface area contributed by atoms with Gasteiger partial charge in [-0.05, 0) is 12.1 Å². The van der Waals surface area contributed by atoms with E-state index >= 15 is 0 Å². The minimum atomic E-state index is -4.03. The second-order valence-corrected chi connectivity index (χ2v) is 8.13. The van der Waals surface area contributed by atoms with E-state index in [-0.39, 0.29) is 35.0 Å². The summed E-state index contributed by atoms with van der Waals surface area (Å²) in [4.78, 5) is 35.3. The minimum Gasteiger partial charge on any atom is -0.505 e. The molecule has 0 fully saturated rings. The van der Waals surface area contributed by atoms with Crippen molar-refractivity contribution in [3.63, 3.8) is 0 Å². The predicted octanol–water partition coefficient (Wildman–Crippen LogP) is -0.644. The molecule has 15 heteroatoms. The van der Waals surface area contributed by atoms with Gasteiger partial charge in [-0.2, -0.15) is 0 Å². The largest absolute Gasteiger partial charge is 0.505 e. The Morgan fingerprint density at radius 3 is 2.31 bits per heavy atom. The number of benzene rings is 1. The molecule has 3 amide bonds. The number of rotatable bonds is 8. The second-order valence-electron chi connectivity index (χ2n) is 5.42. The Labute approximate surface area is 168 Å². The molecule has 1 heterocycles. The summed E-state index contributed by atoms with van der Waals surface area (Å²) in [6.45, 7) is 0. The molecule has 0 saturated carbocycles. The van der Waals surface area contributed by atoms with Crippen molar-refractivity contribution in [1.29, 1.82) is 0 Å². The van der Waals surface area contributed by atoms with Crippen LogP contribution >= 0.6 is 11.3 Å². The van der Waals surface area contributed by atoms with Crippen molar-refractivity contribution in [2.24, 2.45) is 10.9 Å². The fourth-order valence-corrected chi connectivity index (χ4v) is 3.43. The van der Waals surface area contributed by atoms with Gasteiger partial charge in [0.1, 0.15) is 11.3 Å². The van der Waals surface area contributed by atoms with Crippen LogP contribution in [0.25, 0.3) is 0 Å². The number of phenols is 1. The quantitative estimate of drug-likeness (QED) is 0.258. The zero-order chi connectivity index (χ0) is 21.8. The lowest BCUT2D eigenvalue weighted by Gasteiger charge is -2.12. The number of methoxy groups -OCH3 is 1. The first-order valence-electron chi connectivity index (χ1n) is 7.68. The van der Waals surface area contributed by atoms with Gasteiger partial charge in [0.2, 0.25) is 21.3 Å². The lowest BCUT2D eigenvalue weighted by Crippen LogP contribution is -2.18. The van der Waals surface area contributed by atoms with Crippen molar-refractivity contribution in [3.05, 3.63) is 17.7 Å². The van der Waals surface area contributed by atoms with Crippen LogP contribution in [0, 0.1) is 0 Å². The zero-order valence-corrected chi connectivity index (χ0v) is 16.5. The molecular weight excluding hydrogens is 428 g/mol. The van der Waals surface area contributed by atoms with Gasteiger partial charge in [0.15, 0.2) is 5.75 Å². The number of nitrogens with one attached hydrogen (secondary N) is 2. The third-order valence-electron chi connectivity index (χ3n) is 3.36. The third-order valence-corrected chi connectivity index (χ3v) is 5.50. The van der Waals surface area contributed by atoms with Crippen LogP contribution in [0.15, 0.2) is 16.5 Å². The van der Waals surface area contributed by atoms with Crippen LogP contribution in [-0.4, -0.2) is 48.6 Å². The Kier molecular flexibility index (Phi) is 6.68. The first-order valence-corrected chi connectivity index (χ1v) is 10.0. The Balaban J connectivity index is 1.96. The van der Waals surface area contributed by atoms with Gasteiger partial charge in [-0.15, -0.1) is 10.2 Å². The van der Waals surface area contributed by atoms with Gasteiger partial charge in [-0.25, -0.2) is 13.6 Å². The molecule has 0 bridgehead atoms. The van der Waals surface area contributed by atoms with E-state index in [1.807, 2.05) is 0 Å². The lowest BCUT2D eigenvalue weighted by molar-refractivity contribution is -0.121. The Hall–Kier alpha value is -3.30. The Morgan fingerprint density at radius 2 is 1.79 bits per heavy atom. The highest BCUT2D eigenvalue weighted by Gasteiger charge is 2.20. The number of amides is 3. The summed E-state index contributed by atoms with van der Waals surface area (Å²) >= 11 is 0.558. The SMILES string of the molecule is COc1ccc(NC(=O)CCC(=O)Nc2nnc(S(N)(=O)=O)s2)c(O)c1C(N)=O. The fraction of sp³-hybridized carbons (Fsp3) is 0.214. The van der Waals surface area contributed by atoms with E-state index in [0.717, 1.165) is 0 Å². The number of carbonyl (C=O) groups is 3. The molecule has 1 aromatic carbocycles. The number of nitrogens with zero attached hydrogens (tertiary/aromatic N) is 2. The highest BCUT2D eigenvalue weighted by atomic mass is 32.2. The fourth-order valence-electron chi connectivity index (χ4n) is 2.08. The summed E-state index contributed by atoms with van der Waals surface area (Å²) in [5, 5.41) is 26.3. The van der Waals surface area contributed by atoms with Crippen LogP contribution in [0.2, 0.25) is 0 Å². The average molecular weight is 444 g/mol. The molecule has 156 valence electrons. The highest BCUT2D eigenvalue weighted by Crippen LogP contribution is 2.34. The van der Waals surface area contributed by atoms with Crippen molar-refractivity contribution in [3.8, 4) is 11.5 Å². The van der Waals surface area contributed by atoms with E-state index in [9.17, 15) is 27.9 Å². The van der Waals surface area contributed by atoms with E-state index in [1.54, 1.807) is 0 Å². The van der Waals surface area contributed by atoms with Crippen LogP contribution in [0.3, 0.4) is 0 Å². The average Bonchev–Trinajstić information content (AvgIpc) is 3.10. The molecule has 0 aliphatic carbocycles. The van der Waals surface area contributed by atoms with E-state index in [2.05, 4.69) is 20.8 Å². The molecule has 0 atom stereocenters. The molecule has 0 radical (unpaired) electrons. The number of aromatic hydroxyl groups is 1. The summed E-state index contributed by atoms with van der Waals surface area (Å²) in [5.41, 5.74) is 4.80. The van der Waals surface area contributed by atoms with Gasteiger partial charge in [0.25, 0.3) is 15.9 Å². The Bertz CT molecular complexity index is 1070. The molecule has 1 aromatic heterocycles. The second kappa shape index (κ2) is 8.80. The first-order chi connectivity index (χ1) is 13.5. The van der Waals surface area contributed by atoms with Gasteiger partial charge in [0.05, 0.1) is 12.8 Å². The van der Waals surface area contributed by atoms with Crippen molar-refractivity contribution in [2.75, 3.05) is 17.7 Å². The summed E-state index contributed by atoms with van der Waals surface area (Å²) in [6, 6.07) is 2.63. The normalized spacial score (nSPS) is 11.0. The molecule has 0 aliphatic rings. The van der Waals surface area contributed by atoms with Gasteiger partial charge in [-0.3, -0.25) is 14.4 Å². The van der Waals surface area contributed by atoms with E-state index in [4.69, 9.17) is 15.6 Å². The molecule has 2 rings (SSSR count). The maximum Gasteiger partial charge on any atom is 0.267 e. The van der Waals surface area contributed by atoms with E-state index in [0.29, 0.717) is 11.3 Å². The Morgan fingerprint density at radius 1 is 1.17 bits per heavy atom.